The van der Waals surface area contributed by atoms with E-state index in [1.807, 2.05) is 30.1 Å². The molecular formula is C18H24N4OS. The molecule has 1 fully saturated rings. The van der Waals surface area contributed by atoms with Gasteiger partial charge in [-0.15, -0.1) is 0 Å². The van der Waals surface area contributed by atoms with Gasteiger partial charge in [-0.25, -0.2) is 4.98 Å². The Balaban J connectivity index is 1.59. The molecule has 1 amide bonds. The van der Waals surface area contributed by atoms with E-state index in [1.54, 1.807) is 11.8 Å². The fourth-order valence-electron chi connectivity index (χ4n) is 4.02. The summed E-state index contributed by atoms with van der Waals surface area (Å²) >= 11 is 1.60. The lowest BCUT2D eigenvalue weighted by molar-refractivity contribution is -0.132. The first kappa shape index (κ1) is 15.8. The summed E-state index contributed by atoms with van der Waals surface area (Å²) in [5.74, 6) is 0.238. The largest absolute Gasteiger partial charge is 0.399 e. The molecule has 1 saturated carbocycles. The molecule has 1 aromatic heterocycles. The molecule has 0 spiro atoms. The van der Waals surface area contributed by atoms with Gasteiger partial charge in [-0.05, 0) is 38.0 Å². The van der Waals surface area contributed by atoms with Crippen LogP contribution in [0.4, 0.5) is 5.69 Å². The lowest BCUT2D eigenvalue weighted by atomic mass is 9.94. The number of nitrogens with two attached hydrogens (primary N) is 1. The third kappa shape index (κ3) is 2.48. The number of fused-ring (bicyclic) bond motifs is 3. The second-order valence-electron chi connectivity index (χ2n) is 7.03. The highest BCUT2D eigenvalue weighted by atomic mass is 32.2. The fraction of sp³-hybridized carbons (Fsp3) is 0.556. The van der Waals surface area contributed by atoms with Crippen molar-refractivity contribution in [2.24, 2.45) is 0 Å². The van der Waals surface area contributed by atoms with Gasteiger partial charge in [0.05, 0.1) is 17.1 Å². The normalized spacial score (nSPS) is 24.2. The van der Waals surface area contributed by atoms with Crippen molar-refractivity contribution >= 4 is 34.4 Å². The third-order valence-electron chi connectivity index (χ3n) is 5.47. The zero-order valence-corrected chi connectivity index (χ0v) is 15.1. The number of carbonyl (C=O) groups excluding carboxylic acids is 1. The maximum atomic E-state index is 13.1. The first-order valence-corrected chi connectivity index (χ1v) is 9.65. The first-order chi connectivity index (χ1) is 11.6. The smallest absolute Gasteiger partial charge is 0.238 e. The van der Waals surface area contributed by atoms with Crippen molar-refractivity contribution in [2.45, 2.75) is 61.5 Å². The van der Waals surface area contributed by atoms with Gasteiger partial charge < -0.3 is 15.2 Å². The molecule has 4 rings (SSSR count). The summed E-state index contributed by atoms with van der Waals surface area (Å²) in [4.78, 5) is 19.7. The molecule has 1 aliphatic carbocycles. The molecule has 0 saturated heterocycles. The topological polar surface area (TPSA) is 64.2 Å². The quantitative estimate of drug-likeness (QED) is 0.848. The van der Waals surface area contributed by atoms with Gasteiger partial charge in [-0.3, -0.25) is 4.79 Å². The van der Waals surface area contributed by atoms with E-state index in [2.05, 4.69) is 16.5 Å². The van der Waals surface area contributed by atoms with Crippen LogP contribution in [-0.4, -0.2) is 38.7 Å². The van der Waals surface area contributed by atoms with Crippen molar-refractivity contribution in [3.8, 4) is 0 Å². The predicted molar refractivity (Wildman–Crippen MR) is 98.1 cm³/mol. The molecule has 6 heteroatoms. The molecule has 24 heavy (non-hydrogen) atoms. The Morgan fingerprint density at radius 2 is 2.08 bits per heavy atom. The molecule has 2 N–H and O–H groups in total. The lowest BCUT2D eigenvalue weighted by Crippen LogP contribution is -2.43. The summed E-state index contributed by atoms with van der Waals surface area (Å²) in [6.45, 7) is 2.12. The maximum absolute atomic E-state index is 13.1. The van der Waals surface area contributed by atoms with Crippen molar-refractivity contribution in [1.82, 2.24) is 14.5 Å². The van der Waals surface area contributed by atoms with E-state index >= 15 is 0 Å². The molecule has 1 aromatic carbocycles. The average molecular weight is 344 g/mol. The van der Waals surface area contributed by atoms with Gasteiger partial charge in [0, 0.05) is 18.8 Å². The van der Waals surface area contributed by atoms with Gasteiger partial charge >= 0.3 is 0 Å². The van der Waals surface area contributed by atoms with Crippen LogP contribution in [0.5, 0.6) is 0 Å². The zero-order chi connectivity index (χ0) is 16.8. The number of amides is 1. The number of nitrogen functional groups attached to an aromatic ring is 1. The van der Waals surface area contributed by atoms with E-state index < -0.39 is 0 Å². The molecule has 2 aromatic rings. The van der Waals surface area contributed by atoms with Gasteiger partial charge in [-0.1, -0.05) is 31.0 Å². The number of hydrogen-bond acceptors (Lipinski definition) is 4. The number of imidazole rings is 1. The van der Waals surface area contributed by atoms with Gasteiger partial charge in [0.15, 0.2) is 5.16 Å². The highest BCUT2D eigenvalue weighted by Crippen LogP contribution is 2.43. The van der Waals surface area contributed by atoms with Crippen molar-refractivity contribution < 1.29 is 4.79 Å². The fourth-order valence-corrected chi connectivity index (χ4v) is 5.36. The van der Waals surface area contributed by atoms with Crippen LogP contribution in [-0.2, 0) is 4.79 Å². The summed E-state index contributed by atoms with van der Waals surface area (Å²) in [5, 5.41) is 0.837. The summed E-state index contributed by atoms with van der Waals surface area (Å²) < 4.78 is 2.17. The number of benzene rings is 1. The minimum atomic E-state index is -0.0924. The number of thioether (sulfide) groups is 1. The van der Waals surface area contributed by atoms with Crippen LogP contribution in [0.1, 0.15) is 45.1 Å². The van der Waals surface area contributed by atoms with Gasteiger partial charge in [0.1, 0.15) is 5.25 Å². The Hall–Kier alpha value is -1.69. The predicted octanol–water partition coefficient (Wildman–Crippen LogP) is 3.44. The third-order valence-corrected chi connectivity index (χ3v) is 6.82. The second-order valence-corrected chi connectivity index (χ2v) is 8.14. The Kier molecular flexibility index (Phi) is 3.95. The van der Waals surface area contributed by atoms with Crippen LogP contribution in [0, 0.1) is 0 Å². The van der Waals surface area contributed by atoms with Crippen LogP contribution in [0.3, 0.4) is 0 Å². The second kappa shape index (κ2) is 5.99. The molecular weight excluding hydrogens is 320 g/mol. The van der Waals surface area contributed by atoms with Crippen LogP contribution >= 0.6 is 11.8 Å². The lowest BCUT2D eigenvalue weighted by Gasteiger charge is -2.33. The molecule has 2 unspecified atom stereocenters. The van der Waals surface area contributed by atoms with Gasteiger partial charge in [0.2, 0.25) is 5.91 Å². The Morgan fingerprint density at radius 3 is 2.83 bits per heavy atom. The number of hydrogen-bond donors (Lipinski definition) is 1. The summed E-state index contributed by atoms with van der Waals surface area (Å²) in [5.41, 5.74) is 8.65. The summed E-state index contributed by atoms with van der Waals surface area (Å²) in [7, 11) is 1.97. The van der Waals surface area contributed by atoms with E-state index in [4.69, 9.17) is 5.73 Å². The van der Waals surface area contributed by atoms with Crippen LogP contribution in [0.2, 0.25) is 0 Å². The van der Waals surface area contributed by atoms with Crippen LogP contribution < -0.4 is 5.73 Å². The van der Waals surface area contributed by atoms with Gasteiger partial charge in [-0.2, -0.15) is 0 Å². The van der Waals surface area contributed by atoms with E-state index in [9.17, 15) is 4.79 Å². The molecule has 1 aliphatic heterocycles. The van der Waals surface area contributed by atoms with E-state index in [-0.39, 0.29) is 17.2 Å². The number of anilines is 1. The number of nitrogens with zero attached hydrogens (tertiary/aromatic N) is 3. The number of rotatable bonds is 2. The highest BCUT2D eigenvalue weighted by molar-refractivity contribution is 8.00. The maximum Gasteiger partial charge on any atom is 0.238 e. The molecule has 2 heterocycles. The monoisotopic (exact) mass is 344 g/mol. The van der Waals surface area contributed by atoms with Crippen LogP contribution in [0.25, 0.3) is 11.0 Å². The number of aromatic nitrogens is 2. The van der Waals surface area contributed by atoms with E-state index in [0.29, 0.717) is 6.04 Å². The SMILES string of the molecule is CC1C(C(=O)N(C)C2CCCCC2)Sc2nc3ccc(N)cc3n21. The minimum Gasteiger partial charge on any atom is -0.399 e. The summed E-state index contributed by atoms with van der Waals surface area (Å²) in [6.07, 6.45) is 6.05. The Morgan fingerprint density at radius 1 is 1.33 bits per heavy atom. The summed E-state index contributed by atoms with van der Waals surface area (Å²) in [6, 6.07) is 6.28. The standard InChI is InChI=1S/C18H24N4OS/c1-11-16(17(23)21(2)13-6-4-3-5-7-13)24-18-20-14-9-8-12(19)10-15(14)22(11)18/h8-11,13,16H,3-7,19H2,1-2H3. The zero-order valence-electron chi connectivity index (χ0n) is 14.2. The Labute approximate surface area is 146 Å². The molecule has 0 bridgehead atoms. The first-order valence-electron chi connectivity index (χ1n) is 8.77. The minimum absolute atomic E-state index is 0.0924. The van der Waals surface area contributed by atoms with Crippen molar-refractivity contribution in [3.05, 3.63) is 18.2 Å². The van der Waals surface area contributed by atoms with E-state index in [1.165, 1.54) is 19.3 Å². The van der Waals surface area contributed by atoms with Crippen molar-refractivity contribution in [1.29, 1.82) is 0 Å². The molecule has 2 aliphatic rings. The van der Waals surface area contributed by atoms with Crippen LogP contribution in [0.15, 0.2) is 23.4 Å². The molecule has 0 radical (unpaired) electrons. The molecule has 2 atom stereocenters. The Bertz CT molecular complexity index is 781. The highest BCUT2D eigenvalue weighted by Gasteiger charge is 2.40. The van der Waals surface area contributed by atoms with E-state index in [0.717, 1.165) is 34.7 Å². The average Bonchev–Trinajstić information content (AvgIpc) is 3.11. The van der Waals surface area contributed by atoms with Crippen molar-refractivity contribution in [2.75, 3.05) is 12.8 Å². The van der Waals surface area contributed by atoms with Crippen molar-refractivity contribution in [3.63, 3.8) is 0 Å². The molecule has 5 nitrogen and oxygen atoms in total. The molecule has 128 valence electrons. The van der Waals surface area contributed by atoms with Gasteiger partial charge in [0.25, 0.3) is 0 Å². The number of carbonyl (C=O) groups is 1.